The van der Waals surface area contributed by atoms with Crippen molar-refractivity contribution in [1.82, 2.24) is 9.80 Å². The molecular formula is C21H24N2O5. The van der Waals surface area contributed by atoms with Gasteiger partial charge in [0.05, 0.1) is 11.1 Å². The predicted molar refractivity (Wildman–Crippen MR) is 100 cm³/mol. The third kappa shape index (κ3) is 2.80. The van der Waals surface area contributed by atoms with Gasteiger partial charge in [0.25, 0.3) is 17.7 Å². The molecule has 3 atom stereocenters. The first-order chi connectivity index (χ1) is 13.4. The number of hydrogen-bond donors (Lipinski definition) is 1. The number of carboxylic acid groups (broad SMARTS) is 1. The summed E-state index contributed by atoms with van der Waals surface area (Å²) in [5.41, 5.74) is 0.812. The van der Waals surface area contributed by atoms with Crippen LogP contribution in [0.4, 0.5) is 0 Å². The summed E-state index contributed by atoms with van der Waals surface area (Å²) in [6.45, 7) is 2.79. The standard InChI is InChI=1S/C21H24N2O5/c1-2-3-9-22-19(25)15-8-7-12(10-16(15)20(22)26)18(24)23-11-13-5-4-6-14(13)17(23)21(27)28/h7-8,10,13-14,17H,2-6,9,11H2,1H3,(H,27,28). The highest BCUT2D eigenvalue weighted by atomic mass is 16.4. The first-order valence-corrected chi connectivity index (χ1v) is 9.98. The number of likely N-dealkylation sites (tertiary alicyclic amines) is 1. The van der Waals surface area contributed by atoms with Gasteiger partial charge in [-0.1, -0.05) is 19.8 Å². The molecule has 1 saturated carbocycles. The summed E-state index contributed by atoms with van der Waals surface area (Å²) in [7, 11) is 0. The molecule has 3 aliphatic rings. The van der Waals surface area contributed by atoms with Crippen LogP contribution >= 0.6 is 0 Å². The van der Waals surface area contributed by atoms with Crippen molar-refractivity contribution in [1.29, 1.82) is 0 Å². The molecule has 1 aromatic rings. The average Bonchev–Trinajstić information content (AvgIpc) is 3.32. The topological polar surface area (TPSA) is 95.0 Å². The number of fused-ring (bicyclic) bond motifs is 2. The molecule has 0 aromatic heterocycles. The van der Waals surface area contributed by atoms with Crippen LogP contribution in [-0.2, 0) is 4.79 Å². The van der Waals surface area contributed by atoms with Crippen LogP contribution in [0.5, 0.6) is 0 Å². The van der Waals surface area contributed by atoms with E-state index in [0.717, 1.165) is 32.1 Å². The Balaban J connectivity index is 1.61. The van der Waals surface area contributed by atoms with Crippen molar-refractivity contribution in [2.75, 3.05) is 13.1 Å². The highest BCUT2D eigenvalue weighted by Crippen LogP contribution is 2.42. The van der Waals surface area contributed by atoms with E-state index in [4.69, 9.17) is 0 Å². The number of carboxylic acids is 1. The van der Waals surface area contributed by atoms with Gasteiger partial charge in [0.2, 0.25) is 0 Å². The van der Waals surface area contributed by atoms with Gasteiger partial charge < -0.3 is 10.0 Å². The number of carbonyl (C=O) groups is 4. The Labute approximate surface area is 163 Å². The molecule has 3 amide bonds. The minimum Gasteiger partial charge on any atom is -0.480 e. The third-order valence-corrected chi connectivity index (χ3v) is 6.36. The molecule has 3 unspecified atom stereocenters. The van der Waals surface area contributed by atoms with E-state index in [1.54, 1.807) is 0 Å². The SMILES string of the molecule is CCCCN1C(=O)c2ccc(C(=O)N3CC4CCCC4C3C(=O)O)cc2C1=O. The van der Waals surface area contributed by atoms with Gasteiger partial charge in [-0.3, -0.25) is 19.3 Å². The molecule has 0 radical (unpaired) electrons. The molecule has 4 rings (SSSR count). The van der Waals surface area contributed by atoms with Crippen LogP contribution in [0.1, 0.15) is 70.1 Å². The third-order valence-electron chi connectivity index (χ3n) is 6.36. The lowest BCUT2D eigenvalue weighted by atomic mass is 9.94. The molecule has 1 aliphatic carbocycles. The number of rotatable bonds is 5. The first kappa shape index (κ1) is 18.7. The molecule has 2 aliphatic heterocycles. The van der Waals surface area contributed by atoms with Crippen molar-refractivity contribution >= 4 is 23.7 Å². The normalized spacial score (nSPS) is 26.0. The predicted octanol–water partition coefficient (Wildman–Crippen LogP) is 2.41. The van der Waals surface area contributed by atoms with Crippen molar-refractivity contribution < 1.29 is 24.3 Å². The van der Waals surface area contributed by atoms with E-state index in [-0.39, 0.29) is 40.7 Å². The summed E-state index contributed by atoms with van der Waals surface area (Å²) in [6, 6.07) is 3.69. The summed E-state index contributed by atoms with van der Waals surface area (Å²) >= 11 is 0. The molecule has 7 nitrogen and oxygen atoms in total. The first-order valence-electron chi connectivity index (χ1n) is 9.98. The van der Waals surface area contributed by atoms with Crippen molar-refractivity contribution in [2.24, 2.45) is 11.8 Å². The fourth-order valence-electron chi connectivity index (χ4n) is 4.94. The zero-order chi connectivity index (χ0) is 20.0. The molecule has 0 bridgehead atoms. The van der Waals surface area contributed by atoms with Crippen LogP contribution in [-0.4, -0.2) is 57.7 Å². The number of aliphatic carboxylic acids is 1. The van der Waals surface area contributed by atoms with Crippen LogP contribution in [0.3, 0.4) is 0 Å². The Morgan fingerprint density at radius 3 is 2.61 bits per heavy atom. The Bertz CT molecular complexity index is 864. The lowest BCUT2D eigenvalue weighted by Gasteiger charge is -2.24. The van der Waals surface area contributed by atoms with Crippen molar-refractivity contribution in [2.45, 2.75) is 45.1 Å². The minimum absolute atomic E-state index is 0.00335. The maximum absolute atomic E-state index is 13.1. The number of imide groups is 1. The monoisotopic (exact) mass is 384 g/mol. The van der Waals surface area contributed by atoms with Crippen LogP contribution in [0.25, 0.3) is 0 Å². The van der Waals surface area contributed by atoms with Gasteiger partial charge in [0.15, 0.2) is 0 Å². The summed E-state index contributed by atoms with van der Waals surface area (Å²) < 4.78 is 0. The summed E-state index contributed by atoms with van der Waals surface area (Å²) in [5.74, 6) is -1.82. The lowest BCUT2D eigenvalue weighted by molar-refractivity contribution is -0.142. The van der Waals surface area contributed by atoms with E-state index < -0.39 is 12.0 Å². The molecule has 1 saturated heterocycles. The smallest absolute Gasteiger partial charge is 0.326 e. The van der Waals surface area contributed by atoms with E-state index >= 15 is 0 Å². The lowest BCUT2D eigenvalue weighted by Crippen LogP contribution is -2.43. The highest BCUT2D eigenvalue weighted by molar-refractivity contribution is 6.22. The van der Waals surface area contributed by atoms with E-state index in [0.29, 0.717) is 18.7 Å². The summed E-state index contributed by atoms with van der Waals surface area (Å²) in [6.07, 6.45) is 4.38. The van der Waals surface area contributed by atoms with Gasteiger partial charge in [0, 0.05) is 18.7 Å². The molecule has 2 heterocycles. The van der Waals surface area contributed by atoms with Crippen LogP contribution < -0.4 is 0 Å². The fraction of sp³-hybridized carbons (Fsp3) is 0.524. The van der Waals surface area contributed by atoms with Gasteiger partial charge in [-0.25, -0.2) is 4.79 Å². The number of carbonyl (C=O) groups excluding carboxylic acids is 3. The molecule has 1 N–H and O–H groups in total. The number of hydrogen-bond acceptors (Lipinski definition) is 4. The molecule has 28 heavy (non-hydrogen) atoms. The second kappa shape index (κ2) is 7.04. The number of unbranched alkanes of at least 4 members (excludes halogenated alkanes) is 1. The maximum Gasteiger partial charge on any atom is 0.326 e. The summed E-state index contributed by atoms with van der Waals surface area (Å²) in [4.78, 5) is 52.7. The van der Waals surface area contributed by atoms with E-state index in [2.05, 4.69) is 0 Å². The van der Waals surface area contributed by atoms with Gasteiger partial charge in [-0.15, -0.1) is 0 Å². The van der Waals surface area contributed by atoms with E-state index in [1.807, 2.05) is 6.92 Å². The van der Waals surface area contributed by atoms with Gasteiger partial charge in [0.1, 0.15) is 6.04 Å². The van der Waals surface area contributed by atoms with Gasteiger partial charge in [-0.2, -0.15) is 0 Å². The van der Waals surface area contributed by atoms with Crippen LogP contribution in [0.2, 0.25) is 0 Å². The second-order valence-electron chi connectivity index (χ2n) is 7.97. The van der Waals surface area contributed by atoms with Crippen LogP contribution in [0, 0.1) is 11.8 Å². The molecule has 1 aromatic carbocycles. The molecule has 148 valence electrons. The van der Waals surface area contributed by atoms with Crippen molar-refractivity contribution in [3.63, 3.8) is 0 Å². The van der Waals surface area contributed by atoms with Gasteiger partial charge in [-0.05, 0) is 49.3 Å². The highest BCUT2D eigenvalue weighted by Gasteiger charge is 2.49. The molecule has 0 spiro atoms. The Morgan fingerprint density at radius 1 is 1.14 bits per heavy atom. The Morgan fingerprint density at radius 2 is 1.89 bits per heavy atom. The Kier molecular flexibility index (Phi) is 4.69. The zero-order valence-corrected chi connectivity index (χ0v) is 15.9. The second-order valence-corrected chi connectivity index (χ2v) is 7.97. The largest absolute Gasteiger partial charge is 0.480 e. The molecule has 2 fully saturated rings. The Hall–Kier alpha value is -2.70. The zero-order valence-electron chi connectivity index (χ0n) is 15.9. The number of amides is 3. The fourth-order valence-corrected chi connectivity index (χ4v) is 4.94. The molecular weight excluding hydrogens is 360 g/mol. The van der Waals surface area contributed by atoms with E-state index in [1.165, 1.54) is 28.0 Å². The maximum atomic E-state index is 13.1. The quantitative estimate of drug-likeness (QED) is 0.787. The number of nitrogens with zero attached hydrogens (tertiary/aromatic N) is 2. The van der Waals surface area contributed by atoms with Gasteiger partial charge >= 0.3 is 5.97 Å². The minimum atomic E-state index is -0.971. The van der Waals surface area contributed by atoms with Crippen molar-refractivity contribution in [3.8, 4) is 0 Å². The van der Waals surface area contributed by atoms with Crippen molar-refractivity contribution in [3.05, 3.63) is 34.9 Å². The van der Waals surface area contributed by atoms with E-state index in [9.17, 15) is 24.3 Å². The number of benzene rings is 1. The summed E-state index contributed by atoms with van der Waals surface area (Å²) in [5, 5.41) is 9.68. The average molecular weight is 384 g/mol. The van der Waals surface area contributed by atoms with Crippen LogP contribution in [0.15, 0.2) is 18.2 Å². The molecule has 7 heteroatoms.